The molecule has 0 bridgehead atoms. The largest absolute Gasteiger partial charge is 0.384 e. The molecule has 104 valence electrons. The average Bonchev–Trinajstić information content (AvgIpc) is 2.36. The van der Waals surface area contributed by atoms with Crippen LogP contribution in [0.4, 0.5) is 5.69 Å². The van der Waals surface area contributed by atoms with Crippen LogP contribution in [0.1, 0.15) is 24.5 Å². The van der Waals surface area contributed by atoms with Gasteiger partial charge in [0.05, 0.1) is 5.69 Å². The summed E-state index contributed by atoms with van der Waals surface area (Å²) in [5.41, 5.74) is 1.90. The number of rotatable bonds is 5. The van der Waals surface area contributed by atoms with E-state index in [2.05, 4.69) is 21.3 Å². The molecule has 0 amide bonds. The molecule has 0 unspecified atom stereocenters. The molecule has 0 aromatic heterocycles. The van der Waals surface area contributed by atoms with Gasteiger partial charge in [0, 0.05) is 12.1 Å². The second kappa shape index (κ2) is 7.14. The average molecular weight is 282 g/mol. The van der Waals surface area contributed by atoms with Crippen molar-refractivity contribution in [2.75, 3.05) is 17.9 Å². The van der Waals surface area contributed by atoms with E-state index >= 15 is 0 Å². The van der Waals surface area contributed by atoms with Gasteiger partial charge in [-0.2, -0.15) is 13.1 Å². The van der Waals surface area contributed by atoms with Gasteiger partial charge in [0.15, 0.2) is 0 Å². The number of hydrogen-bond donors (Lipinski definition) is 3. The van der Waals surface area contributed by atoms with Crippen molar-refractivity contribution in [1.29, 1.82) is 0 Å². The fraction of sp³-hybridized carbons (Fsp3) is 0.385. The molecule has 3 N–H and O–H groups in total. The molecule has 1 rings (SSSR count). The van der Waals surface area contributed by atoms with Crippen LogP contribution in [0, 0.1) is 18.8 Å². The summed E-state index contributed by atoms with van der Waals surface area (Å²) in [6.45, 7) is 3.87. The Balaban J connectivity index is 3.00. The first kappa shape index (κ1) is 15.5. The Morgan fingerprint density at radius 1 is 1.37 bits per heavy atom. The van der Waals surface area contributed by atoms with Crippen LogP contribution in [0.3, 0.4) is 0 Å². The van der Waals surface area contributed by atoms with Gasteiger partial charge in [-0.3, -0.25) is 4.72 Å². The van der Waals surface area contributed by atoms with Crippen LogP contribution in [0.15, 0.2) is 18.2 Å². The summed E-state index contributed by atoms with van der Waals surface area (Å²) in [4.78, 5) is 0. The molecule has 0 saturated carbocycles. The number of aryl methyl sites for hydroxylation is 1. The summed E-state index contributed by atoms with van der Waals surface area (Å²) in [6.07, 6.45) is 0.714. The van der Waals surface area contributed by atoms with Crippen molar-refractivity contribution < 1.29 is 13.5 Å². The third-order valence-electron chi connectivity index (χ3n) is 2.26. The molecule has 0 aliphatic heterocycles. The zero-order valence-corrected chi connectivity index (χ0v) is 11.8. The highest BCUT2D eigenvalue weighted by Gasteiger charge is 2.10. The quantitative estimate of drug-likeness (QED) is 0.705. The van der Waals surface area contributed by atoms with Crippen molar-refractivity contribution >= 4 is 15.9 Å². The highest BCUT2D eigenvalue weighted by Crippen LogP contribution is 2.17. The number of anilines is 1. The molecule has 6 heteroatoms. The van der Waals surface area contributed by atoms with Crippen LogP contribution in [0.2, 0.25) is 0 Å². The molecule has 0 spiro atoms. The van der Waals surface area contributed by atoms with Crippen LogP contribution in [0.5, 0.6) is 0 Å². The van der Waals surface area contributed by atoms with Gasteiger partial charge in [0.25, 0.3) is 10.2 Å². The molecular weight excluding hydrogens is 264 g/mol. The van der Waals surface area contributed by atoms with Gasteiger partial charge >= 0.3 is 0 Å². The van der Waals surface area contributed by atoms with Gasteiger partial charge in [0.1, 0.15) is 6.61 Å². The van der Waals surface area contributed by atoms with Crippen LogP contribution < -0.4 is 9.44 Å². The molecule has 0 aliphatic carbocycles. The van der Waals surface area contributed by atoms with E-state index in [-0.39, 0.29) is 6.61 Å². The fourth-order valence-corrected chi connectivity index (χ4v) is 2.42. The van der Waals surface area contributed by atoms with Crippen molar-refractivity contribution in [2.45, 2.75) is 20.3 Å². The molecule has 19 heavy (non-hydrogen) atoms. The predicted octanol–water partition coefficient (Wildman–Crippen LogP) is 0.995. The summed E-state index contributed by atoms with van der Waals surface area (Å²) < 4.78 is 28.4. The summed E-state index contributed by atoms with van der Waals surface area (Å²) in [6, 6.07) is 5.21. The SMILES string of the molecule is CCCNS(=O)(=O)Nc1ccc(C)cc1C#CCO. The Bertz CT molecular complexity index is 586. The molecule has 0 fully saturated rings. The van der Waals surface area contributed by atoms with E-state index < -0.39 is 10.2 Å². The van der Waals surface area contributed by atoms with E-state index in [1.165, 1.54) is 0 Å². The summed E-state index contributed by atoms with van der Waals surface area (Å²) >= 11 is 0. The normalized spacial score (nSPS) is 10.7. The van der Waals surface area contributed by atoms with Gasteiger partial charge in [-0.15, -0.1) is 0 Å². The van der Waals surface area contributed by atoms with E-state index in [4.69, 9.17) is 5.11 Å². The van der Waals surface area contributed by atoms with E-state index in [9.17, 15) is 8.42 Å². The van der Waals surface area contributed by atoms with Crippen molar-refractivity contribution in [2.24, 2.45) is 0 Å². The highest BCUT2D eigenvalue weighted by molar-refractivity contribution is 7.90. The van der Waals surface area contributed by atoms with Crippen molar-refractivity contribution in [3.05, 3.63) is 29.3 Å². The topological polar surface area (TPSA) is 78.4 Å². The molecular formula is C13H18N2O3S. The first-order valence-corrected chi connectivity index (χ1v) is 7.44. The fourth-order valence-electron chi connectivity index (χ4n) is 1.40. The zero-order valence-electron chi connectivity index (χ0n) is 11.0. The van der Waals surface area contributed by atoms with Gasteiger partial charge in [0.2, 0.25) is 0 Å². The first-order valence-electron chi connectivity index (χ1n) is 5.96. The maximum Gasteiger partial charge on any atom is 0.299 e. The molecule has 1 aromatic rings. The number of benzene rings is 1. The maximum absolute atomic E-state index is 11.8. The summed E-state index contributed by atoms with van der Waals surface area (Å²) in [7, 11) is -3.59. The van der Waals surface area contributed by atoms with Crippen molar-refractivity contribution in [3.8, 4) is 11.8 Å². The Morgan fingerprint density at radius 3 is 2.74 bits per heavy atom. The second-order valence-corrected chi connectivity index (χ2v) is 5.51. The minimum absolute atomic E-state index is 0.270. The number of nitrogens with one attached hydrogen (secondary N) is 2. The number of hydrogen-bond acceptors (Lipinski definition) is 3. The molecule has 0 atom stereocenters. The van der Waals surface area contributed by atoms with E-state index in [0.29, 0.717) is 24.2 Å². The van der Waals surface area contributed by atoms with Crippen LogP contribution >= 0.6 is 0 Å². The summed E-state index contributed by atoms with van der Waals surface area (Å²) in [5.74, 6) is 5.24. The van der Waals surface area contributed by atoms with Gasteiger partial charge in [-0.1, -0.05) is 24.8 Å². The highest BCUT2D eigenvalue weighted by atomic mass is 32.2. The zero-order chi connectivity index (χ0) is 14.3. The molecule has 0 heterocycles. The van der Waals surface area contributed by atoms with Crippen LogP contribution in [-0.4, -0.2) is 26.7 Å². The molecule has 0 radical (unpaired) electrons. The minimum atomic E-state index is -3.59. The molecule has 1 aromatic carbocycles. The van der Waals surface area contributed by atoms with Crippen molar-refractivity contribution in [3.63, 3.8) is 0 Å². The number of aliphatic hydroxyl groups excluding tert-OH is 1. The standard InChI is InChI=1S/C13H18N2O3S/c1-3-8-14-19(17,18)15-13-7-6-11(2)10-12(13)5-4-9-16/h6-7,10,14-16H,3,8-9H2,1-2H3. The van der Waals surface area contributed by atoms with E-state index in [1.54, 1.807) is 18.2 Å². The maximum atomic E-state index is 11.8. The van der Waals surface area contributed by atoms with Gasteiger partial charge in [-0.25, -0.2) is 0 Å². The van der Waals surface area contributed by atoms with Gasteiger partial charge < -0.3 is 5.11 Å². The smallest absolute Gasteiger partial charge is 0.299 e. The lowest BCUT2D eigenvalue weighted by Crippen LogP contribution is -2.30. The Labute approximate surface area is 114 Å². The monoisotopic (exact) mass is 282 g/mol. The minimum Gasteiger partial charge on any atom is -0.384 e. The third kappa shape index (κ3) is 5.30. The van der Waals surface area contributed by atoms with E-state index in [0.717, 1.165) is 5.56 Å². The second-order valence-electron chi connectivity index (χ2n) is 4.01. The first-order chi connectivity index (χ1) is 8.98. The Kier molecular flexibility index (Phi) is 5.83. The number of aliphatic hydroxyl groups is 1. The van der Waals surface area contributed by atoms with E-state index in [1.807, 2.05) is 13.8 Å². The van der Waals surface area contributed by atoms with Crippen molar-refractivity contribution in [1.82, 2.24) is 4.72 Å². The lowest BCUT2D eigenvalue weighted by Gasteiger charge is -2.11. The Hall–Kier alpha value is -1.55. The van der Waals surface area contributed by atoms with Crippen LogP contribution in [0.25, 0.3) is 0 Å². The predicted molar refractivity (Wildman–Crippen MR) is 76.0 cm³/mol. The lowest BCUT2D eigenvalue weighted by atomic mass is 10.1. The molecule has 0 aliphatic rings. The molecule has 5 nitrogen and oxygen atoms in total. The molecule has 0 saturated heterocycles. The van der Waals surface area contributed by atoms with Crippen LogP contribution in [-0.2, 0) is 10.2 Å². The Morgan fingerprint density at radius 2 is 2.11 bits per heavy atom. The summed E-state index contributed by atoms with van der Waals surface area (Å²) in [5, 5.41) is 8.71. The lowest BCUT2D eigenvalue weighted by molar-refractivity contribution is 0.350. The third-order valence-corrected chi connectivity index (χ3v) is 3.34. The van der Waals surface area contributed by atoms with Gasteiger partial charge in [-0.05, 0) is 31.0 Å².